The molecule has 0 saturated heterocycles. The summed E-state index contributed by atoms with van der Waals surface area (Å²) in [7, 11) is 0. The van der Waals surface area contributed by atoms with Crippen molar-refractivity contribution in [3.05, 3.63) is 57.5 Å². The minimum Gasteiger partial charge on any atom is -0.476 e. The maximum atomic E-state index is 13.7. The molecule has 0 saturated carbocycles. The molecule has 0 atom stereocenters. The maximum absolute atomic E-state index is 13.7. The molecule has 0 aliphatic heterocycles. The van der Waals surface area contributed by atoms with Crippen molar-refractivity contribution in [3.8, 4) is 5.69 Å². The third-order valence-electron chi connectivity index (χ3n) is 2.73. The fourth-order valence-corrected chi connectivity index (χ4v) is 1.72. The molecule has 1 aromatic carbocycles. The van der Waals surface area contributed by atoms with Gasteiger partial charge < -0.3 is 5.11 Å². The number of hydrogen-bond donors (Lipinski definition) is 1. The number of aromatic carboxylic acids is 1. The standard InChI is InChI=1S/C13H10F2N2O3/c1-2-7-6-17(16-11(12(7)18)13(19)20)10-4-3-8(14)5-9(10)15/h3-6H,2H2,1H3,(H,19,20). The number of nitrogens with zero attached hydrogens (tertiary/aromatic N) is 2. The summed E-state index contributed by atoms with van der Waals surface area (Å²) in [4.78, 5) is 22.7. The molecule has 5 nitrogen and oxygen atoms in total. The van der Waals surface area contributed by atoms with Crippen molar-refractivity contribution in [1.29, 1.82) is 0 Å². The predicted molar refractivity (Wildman–Crippen MR) is 66.1 cm³/mol. The first-order valence-electron chi connectivity index (χ1n) is 5.75. The molecule has 104 valence electrons. The molecule has 1 N–H and O–H groups in total. The van der Waals surface area contributed by atoms with E-state index in [0.717, 1.165) is 16.8 Å². The largest absolute Gasteiger partial charge is 0.476 e. The van der Waals surface area contributed by atoms with E-state index in [4.69, 9.17) is 5.11 Å². The summed E-state index contributed by atoms with van der Waals surface area (Å²) in [6, 6.07) is 2.79. The monoisotopic (exact) mass is 280 g/mol. The van der Waals surface area contributed by atoms with Crippen LogP contribution in [0.1, 0.15) is 23.0 Å². The highest BCUT2D eigenvalue weighted by Crippen LogP contribution is 2.14. The van der Waals surface area contributed by atoms with E-state index in [1.165, 1.54) is 6.20 Å². The van der Waals surface area contributed by atoms with Gasteiger partial charge in [-0.15, -0.1) is 0 Å². The molecule has 0 amide bonds. The van der Waals surface area contributed by atoms with Crippen molar-refractivity contribution >= 4 is 5.97 Å². The van der Waals surface area contributed by atoms with E-state index in [-0.39, 0.29) is 17.7 Å². The molecule has 0 radical (unpaired) electrons. The molecule has 0 fully saturated rings. The number of halogens is 2. The number of aromatic nitrogens is 2. The van der Waals surface area contributed by atoms with Crippen LogP contribution in [0.2, 0.25) is 0 Å². The normalized spacial score (nSPS) is 10.6. The number of aryl methyl sites for hydroxylation is 1. The summed E-state index contributed by atoms with van der Waals surface area (Å²) in [6.45, 7) is 1.66. The van der Waals surface area contributed by atoms with E-state index < -0.39 is 28.7 Å². The Balaban J connectivity index is 2.71. The summed E-state index contributed by atoms with van der Waals surface area (Å²) in [6.07, 6.45) is 1.51. The van der Waals surface area contributed by atoms with Gasteiger partial charge in [0.25, 0.3) is 0 Å². The summed E-state index contributed by atoms with van der Waals surface area (Å²) < 4.78 is 27.5. The molecule has 2 rings (SSSR count). The van der Waals surface area contributed by atoms with Crippen LogP contribution >= 0.6 is 0 Å². The van der Waals surface area contributed by atoms with Crippen LogP contribution in [0.15, 0.2) is 29.2 Å². The molecule has 0 aliphatic carbocycles. The highest BCUT2D eigenvalue weighted by molar-refractivity contribution is 5.85. The van der Waals surface area contributed by atoms with Crippen LogP contribution in [0, 0.1) is 11.6 Å². The molecular formula is C13H10F2N2O3. The molecule has 2 aromatic rings. The molecule has 0 spiro atoms. The first-order chi connectivity index (χ1) is 9.43. The Morgan fingerprint density at radius 2 is 2.10 bits per heavy atom. The second-order valence-electron chi connectivity index (χ2n) is 4.03. The van der Waals surface area contributed by atoms with Crippen molar-refractivity contribution in [1.82, 2.24) is 9.78 Å². The van der Waals surface area contributed by atoms with Gasteiger partial charge in [-0.1, -0.05) is 6.92 Å². The van der Waals surface area contributed by atoms with E-state index in [1.54, 1.807) is 6.92 Å². The van der Waals surface area contributed by atoms with Gasteiger partial charge in [-0.2, -0.15) is 5.10 Å². The summed E-state index contributed by atoms with van der Waals surface area (Å²) in [5, 5.41) is 12.5. The Hall–Kier alpha value is -2.57. The van der Waals surface area contributed by atoms with E-state index in [2.05, 4.69) is 5.10 Å². The summed E-state index contributed by atoms with van der Waals surface area (Å²) in [5.74, 6) is -3.16. The Morgan fingerprint density at radius 3 is 2.65 bits per heavy atom. The van der Waals surface area contributed by atoms with Gasteiger partial charge in [0, 0.05) is 17.8 Å². The van der Waals surface area contributed by atoms with Crippen LogP contribution in [-0.2, 0) is 6.42 Å². The van der Waals surface area contributed by atoms with Crippen molar-refractivity contribution in [2.45, 2.75) is 13.3 Å². The molecule has 7 heteroatoms. The first kappa shape index (κ1) is 13.9. The molecule has 0 bridgehead atoms. The number of carbonyl (C=O) groups is 1. The average Bonchev–Trinajstić information content (AvgIpc) is 2.39. The number of hydrogen-bond acceptors (Lipinski definition) is 3. The lowest BCUT2D eigenvalue weighted by molar-refractivity contribution is 0.0686. The van der Waals surface area contributed by atoms with E-state index in [9.17, 15) is 18.4 Å². The van der Waals surface area contributed by atoms with Gasteiger partial charge in [0.2, 0.25) is 11.1 Å². The summed E-state index contributed by atoms with van der Waals surface area (Å²) in [5.41, 5.74) is -1.36. The van der Waals surface area contributed by atoms with Crippen LogP contribution in [0.25, 0.3) is 5.69 Å². The number of rotatable bonds is 3. The second-order valence-corrected chi connectivity index (χ2v) is 4.03. The second kappa shape index (κ2) is 5.20. The fourth-order valence-electron chi connectivity index (χ4n) is 1.72. The highest BCUT2D eigenvalue weighted by Gasteiger charge is 2.17. The Morgan fingerprint density at radius 1 is 1.40 bits per heavy atom. The first-order valence-corrected chi connectivity index (χ1v) is 5.75. The smallest absolute Gasteiger partial charge is 0.360 e. The Kier molecular flexibility index (Phi) is 3.60. The average molecular weight is 280 g/mol. The molecule has 1 heterocycles. The number of carboxylic acid groups (broad SMARTS) is 1. The van der Waals surface area contributed by atoms with Crippen LogP contribution in [0.4, 0.5) is 8.78 Å². The van der Waals surface area contributed by atoms with E-state index in [1.807, 2.05) is 0 Å². The Labute approximate surface area is 112 Å². The SMILES string of the molecule is CCc1cn(-c2ccc(F)cc2F)nc(C(=O)O)c1=O. The van der Waals surface area contributed by atoms with Gasteiger partial charge in [-0.3, -0.25) is 4.79 Å². The van der Waals surface area contributed by atoms with Crippen LogP contribution in [0.3, 0.4) is 0 Å². The number of benzene rings is 1. The molecular weight excluding hydrogens is 270 g/mol. The van der Waals surface area contributed by atoms with Crippen LogP contribution in [0.5, 0.6) is 0 Å². The predicted octanol–water partition coefficient (Wildman–Crippen LogP) is 1.77. The van der Waals surface area contributed by atoms with Gasteiger partial charge in [0.05, 0.1) is 0 Å². The van der Waals surface area contributed by atoms with Gasteiger partial charge in [0.15, 0.2) is 5.82 Å². The minimum absolute atomic E-state index is 0.136. The zero-order chi connectivity index (χ0) is 14.9. The number of carboxylic acids is 1. The van der Waals surface area contributed by atoms with Crippen molar-refractivity contribution in [2.75, 3.05) is 0 Å². The van der Waals surface area contributed by atoms with Crippen molar-refractivity contribution < 1.29 is 18.7 Å². The van der Waals surface area contributed by atoms with Crippen molar-refractivity contribution in [3.63, 3.8) is 0 Å². The van der Waals surface area contributed by atoms with Gasteiger partial charge >= 0.3 is 5.97 Å². The lowest BCUT2D eigenvalue weighted by Crippen LogP contribution is -2.24. The molecule has 0 aliphatic rings. The van der Waals surface area contributed by atoms with E-state index in [0.29, 0.717) is 6.07 Å². The van der Waals surface area contributed by atoms with E-state index >= 15 is 0 Å². The van der Waals surface area contributed by atoms with Crippen LogP contribution < -0.4 is 5.43 Å². The Bertz CT molecular complexity index is 741. The lowest BCUT2D eigenvalue weighted by Gasteiger charge is -2.09. The summed E-state index contributed by atoms with van der Waals surface area (Å²) >= 11 is 0. The van der Waals surface area contributed by atoms with Gasteiger partial charge in [0.1, 0.15) is 11.5 Å². The van der Waals surface area contributed by atoms with Crippen molar-refractivity contribution in [2.24, 2.45) is 0 Å². The third-order valence-corrected chi connectivity index (χ3v) is 2.73. The minimum atomic E-state index is -1.50. The zero-order valence-electron chi connectivity index (χ0n) is 10.4. The van der Waals surface area contributed by atoms with Crippen LogP contribution in [-0.4, -0.2) is 20.9 Å². The highest BCUT2D eigenvalue weighted by atomic mass is 19.1. The molecule has 1 aromatic heterocycles. The molecule has 20 heavy (non-hydrogen) atoms. The van der Waals surface area contributed by atoms with Gasteiger partial charge in [-0.05, 0) is 18.6 Å². The molecule has 0 unspecified atom stereocenters. The lowest BCUT2D eigenvalue weighted by atomic mass is 10.2. The topological polar surface area (TPSA) is 72.2 Å². The fraction of sp³-hybridized carbons (Fsp3) is 0.154. The zero-order valence-corrected chi connectivity index (χ0v) is 10.4. The van der Waals surface area contributed by atoms with Gasteiger partial charge in [-0.25, -0.2) is 18.3 Å². The quantitative estimate of drug-likeness (QED) is 0.930. The maximum Gasteiger partial charge on any atom is 0.360 e. The third kappa shape index (κ3) is 2.42.